The molecule has 0 bridgehead atoms. The largest absolute Gasteiger partial charge is 0.497 e. The highest BCUT2D eigenvalue weighted by Gasteiger charge is 2.37. The summed E-state index contributed by atoms with van der Waals surface area (Å²) >= 11 is 0. The molecule has 1 saturated heterocycles. The first kappa shape index (κ1) is 40.1. The van der Waals surface area contributed by atoms with Crippen molar-refractivity contribution in [1.82, 2.24) is 15.1 Å². The predicted molar refractivity (Wildman–Crippen MR) is 188 cm³/mol. The number of hydrogen-bond acceptors (Lipinski definition) is 10. The first-order valence-electron chi connectivity index (χ1n) is 17.3. The summed E-state index contributed by atoms with van der Waals surface area (Å²) in [5.41, 5.74) is 1.89. The van der Waals surface area contributed by atoms with Crippen molar-refractivity contribution in [1.29, 1.82) is 0 Å². The van der Waals surface area contributed by atoms with Gasteiger partial charge in [-0.2, -0.15) is 0 Å². The highest BCUT2D eigenvalue weighted by atomic mass is 28.4. The summed E-state index contributed by atoms with van der Waals surface area (Å²) in [5.74, 6) is 0.310. The van der Waals surface area contributed by atoms with E-state index in [9.17, 15) is 14.4 Å². The van der Waals surface area contributed by atoms with Gasteiger partial charge in [-0.3, -0.25) is 19.3 Å². The Labute approximate surface area is 292 Å². The van der Waals surface area contributed by atoms with Crippen LogP contribution in [-0.2, 0) is 50.6 Å². The molecule has 1 N–H and O–H groups in total. The van der Waals surface area contributed by atoms with E-state index in [1.54, 1.807) is 14.2 Å². The normalized spacial score (nSPS) is 15.2. The Bertz CT molecular complexity index is 1250. The average molecular weight is 702 g/mol. The Morgan fingerprint density at radius 3 is 2.29 bits per heavy atom. The topological polar surface area (TPSA) is 125 Å². The van der Waals surface area contributed by atoms with Gasteiger partial charge in [-0.25, -0.2) is 0 Å². The second kappa shape index (κ2) is 22.4. The molecule has 12 nitrogen and oxygen atoms in total. The van der Waals surface area contributed by atoms with Crippen LogP contribution in [0.5, 0.6) is 5.75 Å². The molecule has 1 atom stereocenters. The van der Waals surface area contributed by atoms with Crippen molar-refractivity contribution >= 4 is 26.3 Å². The Morgan fingerprint density at radius 2 is 1.59 bits per heavy atom. The number of piperazine rings is 1. The maximum absolute atomic E-state index is 13.3. The number of carbonyl (C=O) groups excluding carboxylic acids is 3. The molecule has 0 radical (unpaired) electrons. The number of nitrogens with one attached hydrogen (secondary N) is 1. The quantitative estimate of drug-likeness (QED) is 0.104. The van der Waals surface area contributed by atoms with Crippen molar-refractivity contribution in [2.75, 3.05) is 73.4 Å². The summed E-state index contributed by atoms with van der Waals surface area (Å²) in [5, 5.41) is 3.02. The van der Waals surface area contributed by atoms with Gasteiger partial charge in [0, 0.05) is 46.1 Å². The molecule has 49 heavy (non-hydrogen) atoms. The molecule has 3 rings (SSSR count). The van der Waals surface area contributed by atoms with Crippen LogP contribution in [0.1, 0.15) is 44.2 Å². The highest BCUT2D eigenvalue weighted by molar-refractivity contribution is 6.67. The zero-order valence-corrected chi connectivity index (χ0v) is 30.7. The van der Waals surface area contributed by atoms with Crippen LogP contribution < -0.4 is 10.1 Å². The lowest BCUT2D eigenvalue weighted by Crippen LogP contribution is -2.59. The molecular formula is C36H55N3O9Si. The van der Waals surface area contributed by atoms with Crippen molar-refractivity contribution < 1.29 is 42.2 Å². The van der Waals surface area contributed by atoms with Gasteiger partial charge in [-0.1, -0.05) is 56.3 Å². The SMILES string of the molecule is CC[Si](CC)(OCCOCCOC)OCC1CN(C(=O)CCCC(=O)OCc2ccccc2)CCN1CC(=O)NCc1ccc(OC)cc1. The van der Waals surface area contributed by atoms with Crippen LogP contribution in [0.4, 0.5) is 0 Å². The minimum atomic E-state index is -2.55. The van der Waals surface area contributed by atoms with Crippen molar-refractivity contribution in [2.45, 2.75) is 64.4 Å². The minimum absolute atomic E-state index is 0.0246. The third kappa shape index (κ3) is 14.6. The standard InChI is InChI=1S/C36H55N3O9Si/c1-5-49(6-2,47-24-23-45-22-21-43-3)48-29-32-26-39(35(41)13-10-14-36(42)46-28-31-11-8-7-9-12-31)20-19-38(32)27-34(40)37-25-30-15-17-33(44-4)18-16-30/h7-9,11-12,15-18,32H,5-6,10,13-14,19-29H2,1-4H3,(H,37,40). The summed E-state index contributed by atoms with van der Waals surface area (Å²) in [6.45, 7) is 8.62. The van der Waals surface area contributed by atoms with Gasteiger partial charge >= 0.3 is 14.5 Å². The number of hydrogen-bond donors (Lipinski definition) is 1. The highest BCUT2D eigenvalue weighted by Crippen LogP contribution is 2.21. The Hall–Kier alpha value is -3.33. The van der Waals surface area contributed by atoms with E-state index in [2.05, 4.69) is 24.1 Å². The summed E-state index contributed by atoms with van der Waals surface area (Å²) in [6, 6.07) is 18.4. The zero-order valence-electron chi connectivity index (χ0n) is 29.7. The van der Waals surface area contributed by atoms with Gasteiger partial charge in [0.15, 0.2) is 0 Å². The fourth-order valence-electron chi connectivity index (χ4n) is 5.50. The maximum atomic E-state index is 13.3. The molecule has 0 aliphatic carbocycles. The molecule has 1 unspecified atom stereocenters. The number of methoxy groups -OCH3 is 2. The van der Waals surface area contributed by atoms with Crippen LogP contribution in [0.25, 0.3) is 0 Å². The Morgan fingerprint density at radius 1 is 0.857 bits per heavy atom. The minimum Gasteiger partial charge on any atom is -0.497 e. The van der Waals surface area contributed by atoms with Gasteiger partial charge in [0.1, 0.15) is 12.4 Å². The predicted octanol–water partition coefficient (Wildman–Crippen LogP) is 3.92. The van der Waals surface area contributed by atoms with Gasteiger partial charge in [-0.05, 0) is 41.8 Å². The van der Waals surface area contributed by atoms with Gasteiger partial charge in [0.25, 0.3) is 0 Å². The van der Waals surface area contributed by atoms with Gasteiger partial charge in [0.2, 0.25) is 11.8 Å². The van der Waals surface area contributed by atoms with E-state index in [1.165, 1.54) is 0 Å². The molecule has 0 aromatic heterocycles. The summed E-state index contributed by atoms with van der Waals surface area (Å²) in [6.07, 6.45) is 0.821. The van der Waals surface area contributed by atoms with E-state index in [4.69, 9.17) is 27.8 Å². The lowest BCUT2D eigenvalue weighted by molar-refractivity contribution is -0.145. The van der Waals surface area contributed by atoms with Crippen LogP contribution in [0.2, 0.25) is 12.1 Å². The average Bonchev–Trinajstić information content (AvgIpc) is 3.13. The van der Waals surface area contributed by atoms with E-state index in [1.807, 2.05) is 59.5 Å². The fraction of sp³-hybridized carbons (Fsp3) is 0.583. The van der Waals surface area contributed by atoms with Crippen LogP contribution in [-0.4, -0.2) is 116 Å². The second-order valence-electron chi connectivity index (χ2n) is 12.0. The summed E-state index contributed by atoms with van der Waals surface area (Å²) < 4.78 is 34.2. The van der Waals surface area contributed by atoms with Crippen LogP contribution in [0.3, 0.4) is 0 Å². The maximum Gasteiger partial charge on any atom is 0.337 e. The van der Waals surface area contributed by atoms with E-state index in [0.717, 1.165) is 29.0 Å². The second-order valence-corrected chi connectivity index (χ2v) is 15.8. The Kier molecular flexibility index (Phi) is 18.3. The van der Waals surface area contributed by atoms with E-state index >= 15 is 0 Å². The van der Waals surface area contributed by atoms with Crippen molar-refractivity contribution in [3.8, 4) is 5.75 Å². The number of rotatable bonds is 23. The molecule has 13 heteroatoms. The molecule has 0 spiro atoms. The van der Waals surface area contributed by atoms with Gasteiger partial charge < -0.3 is 38.0 Å². The van der Waals surface area contributed by atoms with E-state index in [0.29, 0.717) is 65.6 Å². The lowest BCUT2D eigenvalue weighted by atomic mass is 10.1. The molecule has 272 valence electrons. The lowest BCUT2D eigenvalue weighted by Gasteiger charge is -2.42. The monoisotopic (exact) mass is 701 g/mol. The summed E-state index contributed by atoms with van der Waals surface area (Å²) in [7, 11) is 0.703. The first-order chi connectivity index (χ1) is 23.8. The molecule has 2 amide bonds. The molecule has 0 saturated carbocycles. The van der Waals surface area contributed by atoms with Crippen LogP contribution >= 0.6 is 0 Å². The van der Waals surface area contributed by atoms with Gasteiger partial charge in [0.05, 0.1) is 52.7 Å². The first-order valence-corrected chi connectivity index (χ1v) is 19.5. The summed E-state index contributed by atoms with van der Waals surface area (Å²) in [4.78, 5) is 42.6. The van der Waals surface area contributed by atoms with Crippen LogP contribution in [0.15, 0.2) is 54.6 Å². The smallest absolute Gasteiger partial charge is 0.337 e. The molecule has 1 heterocycles. The Balaban J connectivity index is 1.56. The van der Waals surface area contributed by atoms with E-state index < -0.39 is 8.56 Å². The number of amides is 2. The number of carbonyl (C=O) groups is 3. The van der Waals surface area contributed by atoms with Crippen molar-refractivity contribution in [2.24, 2.45) is 0 Å². The molecule has 1 aliphatic heterocycles. The van der Waals surface area contributed by atoms with Crippen LogP contribution in [0, 0.1) is 0 Å². The molecule has 2 aromatic carbocycles. The molecule has 1 fully saturated rings. The van der Waals surface area contributed by atoms with E-state index in [-0.39, 0.29) is 49.8 Å². The third-order valence-corrected chi connectivity index (χ3v) is 12.2. The third-order valence-electron chi connectivity index (χ3n) is 8.61. The van der Waals surface area contributed by atoms with Crippen molar-refractivity contribution in [3.05, 3.63) is 65.7 Å². The number of esters is 1. The number of benzene rings is 2. The molecule has 1 aliphatic rings. The van der Waals surface area contributed by atoms with Gasteiger partial charge in [-0.15, -0.1) is 0 Å². The zero-order chi connectivity index (χ0) is 35.3. The molecular weight excluding hydrogens is 646 g/mol. The van der Waals surface area contributed by atoms with Crippen molar-refractivity contribution in [3.63, 3.8) is 0 Å². The molecule has 2 aromatic rings. The fourth-order valence-corrected chi connectivity index (χ4v) is 7.85. The number of ether oxygens (including phenoxy) is 4. The number of nitrogens with zero attached hydrogens (tertiary/aromatic N) is 2.